The minimum Gasteiger partial charge on any atom is -0.366 e. The number of fused-ring (bicyclic) bond motifs is 3. The van der Waals surface area contributed by atoms with Crippen LogP contribution in [0.2, 0.25) is 0 Å². The Morgan fingerprint density at radius 2 is 1.50 bits per heavy atom. The lowest BCUT2D eigenvalue weighted by atomic mass is 10.1. The second-order valence-electron chi connectivity index (χ2n) is 6.13. The van der Waals surface area contributed by atoms with Gasteiger partial charge in [-0.25, -0.2) is 22.0 Å². The van der Waals surface area contributed by atoms with Crippen molar-refractivity contribution < 1.29 is 26.7 Å². The molecule has 1 heterocycles. The lowest BCUT2D eigenvalue weighted by molar-refractivity contribution is 0.100. The molecule has 2 N–H and O–H groups in total. The van der Waals surface area contributed by atoms with Gasteiger partial charge in [-0.15, -0.1) is 0 Å². The van der Waals surface area contributed by atoms with E-state index in [4.69, 9.17) is 5.73 Å². The molecule has 3 nitrogen and oxygen atoms in total. The first-order chi connectivity index (χ1) is 13.3. The standard InChI is InChI=1S/C20H10F5N2O/c21-15-11(16(22)18(24)19(25)17(15)23)8-27-12-6-2-1-4-9(12)14-10(20(26)28)5-3-7-13(14)27/h1-3,5-7H,8H2,(H2,26,28). The van der Waals surface area contributed by atoms with Gasteiger partial charge in [0.1, 0.15) is 0 Å². The van der Waals surface area contributed by atoms with Gasteiger partial charge in [0.2, 0.25) is 11.7 Å². The van der Waals surface area contributed by atoms with Crippen LogP contribution in [-0.2, 0) is 6.54 Å². The van der Waals surface area contributed by atoms with Gasteiger partial charge in [0.15, 0.2) is 23.3 Å². The molecule has 0 unspecified atom stereocenters. The van der Waals surface area contributed by atoms with Crippen molar-refractivity contribution >= 4 is 27.7 Å². The van der Waals surface area contributed by atoms with Crippen LogP contribution in [0, 0.1) is 35.2 Å². The lowest BCUT2D eigenvalue weighted by Crippen LogP contribution is -2.12. The first-order valence-electron chi connectivity index (χ1n) is 8.04. The largest absolute Gasteiger partial charge is 0.366 e. The molecule has 4 aromatic rings. The molecule has 141 valence electrons. The van der Waals surface area contributed by atoms with Crippen LogP contribution < -0.4 is 5.73 Å². The number of aromatic nitrogens is 1. The fourth-order valence-corrected chi connectivity index (χ4v) is 3.33. The molecule has 4 rings (SSSR count). The van der Waals surface area contributed by atoms with E-state index in [2.05, 4.69) is 6.07 Å². The zero-order valence-electron chi connectivity index (χ0n) is 14.0. The molecule has 3 aromatic carbocycles. The number of rotatable bonds is 3. The van der Waals surface area contributed by atoms with Gasteiger partial charge in [0, 0.05) is 21.9 Å². The summed E-state index contributed by atoms with van der Waals surface area (Å²) in [7, 11) is 0. The summed E-state index contributed by atoms with van der Waals surface area (Å²) in [6, 6.07) is 12.2. The molecule has 1 radical (unpaired) electrons. The molecule has 0 fully saturated rings. The number of hydrogen-bond acceptors (Lipinski definition) is 1. The zero-order chi connectivity index (χ0) is 20.2. The van der Waals surface area contributed by atoms with Crippen LogP contribution in [0.4, 0.5) is 22.0 Å². The summed E-state index contributed by atoms with van der Waals surface area (Å²) in [6.45, 7) is -0.647. The number of halogens is 5. The van der Waals surface area contributed by atoms with Crippen LogP contribution in [0.1, 0.15) is 15.9 Å². The van der Waals surface area contributed by atoms with E-state index in [1.165, 1.54) is 16.7 Å². The van der Waals surface area contributed by atoms with Gasteiger partial charge in [-0.1, -0.05) is 18.2 Å². The summed E-state index contributed by atoms with van der Waals surface area (Å²) in [4.78, 5) is 11.8. The SMILES string of the molecule is NC(=O)c1cccc2c1c1[c]cccc1n2Cc1c(F)c(F)c(F)c(F)c1F. The van der Waals surface area contributed by atoms with Crippen LogP contribution >= 0.6 is 0 Å². The van der Waals surface area contributed by atoms with Gasteiger partial charge < -0.3 is 10.3 Å². The summed E-state index contributed by atoms with van der Waals surface area (Å²) in [5.74, 6) is -10.8. The maximum absolute atomic E-state index is 14.2. The molecule has 0 aliphatic rings. The first-order valence-corrected chi connectivity index (χ1v) is 8.04. The second-order valence-corrected chi connectivity index (χ2v) is 6.13. The monoisotopic (exact) mass is 389 g/mol. The normalized spacial score (nSPS) is 11.5. The Labute approximate surface area is 154 Å². The number of amides is 1. The number of hydrogen-bond donors (Lipinski definition) is 1. The van der Waals surface area contributed by atoms with E-state index in [-0.39, 0.29) is 5.56 Å². The van der Waals surface area contributed by atoms with Crippen molar-refractivity contribution in [2.45, 2.75) is 6.54 Å². The van der Waals surface area contributed by atoms with E-state index in [1.54, 1.807) is 24.3 Å². The van der Waals surface area contributed by atoms with Crippen molar-refractivity contribution in [3.05, 3.63) is 82.7 Å². The quantitative estimate of drug-likeness (QED) is 0.314. The molecule has 0 aliphatic carbocycles. The molecule has 0 saturated carbocycles. The first kappa shape index (κ1) is 18.0. The number of nitrogens with two attached hydrogens (primary N) is 1. The average Bonchev–Trinajstić information content (AvgIpc) is 3.02. The number of primary amides is 1. The van der Waals surface area contributed by atoms with Gasteiger partial charge in [0.25, 0.3) is 0 Å². The van der Waals surface area contributed by atoms with Crippen LogP contribution in [-0.4, -0.2) is 10.5 Å². The van der Waals surface area contributed by atoms with Crippen LogP contribution in [0.5, 0.6) is 0 Å². The molecule has 1 amide bonds. The highest BCUT2D eigenvalue weighted by molar-refractivity contribution is 6.17. The smallest absolute Gasteiger partial charge is 0.249 e. The van der Waals surface area contributed by atoms with Crippen molar-refractivity contribution in [2.24, 2.45) is 5.73 Å². The zero-order valence-corrected chi connectivity index (χ0v) is 14.0. The third-order valence-corrected chi connectivity index (χ3v) is 4.59. The minimum absolute atomic E-state index is 0.154. The summed E-state index contributed by atoms with van der Waals surface area (Å²) < 4.78 is 70.2. The Hall–Kier alpha value is -3.42. The number of benzene rings is 3. The topological polar surface area (TPSA) is 48.0 Å². The molecule has 0 bridgehead atoms. The van der Waals surface area contributed by atoms with Crippen LogP contribution in [0.25, 0.3) is 21.8 Å². The molecule has 8 heteroatoms. The van der Waals surface area contributed by atoms with E-state index in [1.807, 2.05) is 0 Å². The van der Waals surface area contributed by atoms with Crippen molar-refractivity contribution in [2.75, 3.05) is 0 Å². The average molecular weight is 389 g/mol. The highest BCUT2D eigenvalue weighted by Gasteiger charge is 2.27. The predicted octanol–water partition coefficient (Wildman–Crippen LogP) is 4.44. The van der Waals surface area contributed by atoms with E-state index in [0.717, 1.165) is 0 Å². The summed E-state index contributed by atoms with van der Waals surface area (Å²) in [5, 5.41) is 0.824. The Kier molecular flexibility index (Phi) is 4.06. The third kappa shape index (κ3) is 2.45. The molecule has 0 saturated heterocycles. The highest BCUT2D eigenvalue weighted by atomic mass is 19.2. The van der Waals surface area contributed by atoms with Gasteiger partial charge in [-0.05, 0) is 24.3 Å². The van der Waals surface area contributed by atoms with Crippen molar-refractivity contribution in [1.29, 1.82) is 0 Å². The lowest BCUT2D eigenvalue weighted by Gasteiger charge is -2.11. The Morgan fingerprint density at radius 1 is 0.893 bits per heavy atom. The summed E-state index contributed by atoms with van der Waals surface area (Å²) in [5.41, 5.74) is 5.33. The number of carbonyl (C=O) groups excluding carboxylic acids is 1. The van der Waals surface area contributed by atoms with E-state index in [0.29, 0.717) is 21.8 Å². The Morgan fingerprint density at radius 3 is 2.14 bits per heavy atom. The third-order valence-electron chi connectivity index (χ3n) is 4.59. The second kappa shape index (κ2) is 6.33. The molecular weight excluding hydrogens is 379 g/mol. The van der Waals surface area contributed by atoms with E-state index >= 15 is 0 Å². The molecule has 0 atom stereocenters. The van der Waals surface area contributed by atoms with Gasteiger partial charge in [-0.3, -0.25) is 4.79 Å². The summed E-state index contributed by atoms with van der Waals surface area (Å²) >= 11 is 0. The highest BCUT2D eigenvalue weighted by Crippen LogP contribution is 2.33. The van der Waals surface area contributed by atoms with E-state index < -0.39 is 47.1 Å². The summed E-state index contributed by atoms with van der Waals surface area (Å²) in [6.07, 6.45) is 0. The van der Waals surface area contributed by atoms with Crippen molar-refractivity contribution in [3.63, 3.8) is 0 Å². The molecule has 1 aromatic heterocycles. The maximum atomic E-state index is 14.2. The fraction of sp³-hybridized carbons (Fsp3) is 0.0500. The van der Waals surface area contributed by atoms with E-state index in [9.17, 15) is 26.7 Å². The van der Waals surface area contributed by atoms with Gasteiger partial charge >= 0.3 is 0 Å². The number of nitrogens with zero attached hydrogens (tertiary/aromatic N) is 1. The van der Waals surface area contributed by atoms with Crippen molar-refractivity contribution in [1.82, 2.24) is 4.57 Å². The Bertz CT molecular complexity index is 1250. The molecule has 0 spiro atoms. The van der Waals surface area contributed by atoms with Crippen LogP contribution in [0.15, 0.2) is 36.4 Å². The van der Waals surface area contributed by atoms with Gasteiger partial charge in [-0.2, -0.15) is 0 Å². The predicted molar refractivity (Wildman–Crippen MR) is 92.1 cm³/mol. The molecule has 28 heavy (non-hydrogen) atoms. The van der Waals surface area contributed by atoms with Crippen LogP contribution in [0.3, 0.4) is 0 Å². The molecular formula is C20H10F5N2O. The van der Waals surface area contributed by atoms with Crippen molar-refractivity contribution in [3.8, 4) is 0 Å². The van der Waals surface area contributed by atoms with Gasteiger partial charge in [0.05, 0.1) is 17.6 Å². The Balaban J connectivity index is 2.06. The minimum atomic E-state index is -2.22. The maximum Gasteiger partial charge on any atom is 0.249 e. The fourth-order valence-electron chi connectivity index (χ4n) is 3.33. The number of carbonyl (C=O) groups is 1. The molecule has 0 aliphatic heterocycles.